The van der Waals surface area contributed by atoms with E-state index in [2.05, 4.69) is 0 Å². The first-order valence-corrected chi connectivity index (χ1v) is 10.8. The van der Waals surface area contributed by atoms with Crippen molar-refractivity contribution >= 4 is 0 Å². The van der Waals surface area contributed by atoms with E-state index in [-0.39, 0.29) is 36.6 Å². The van der Waals surface area contributed by atoms with Crippen LogP contribution in [0, 0.1) is 0 Å². The summed E-state index contributed by atoms with van der Waals surface area (Å²) in [6.07, 6.45) is 5.04. The molecule has 0 aromatic rings. The molecule has 4 aliphatic rings. The Kier molecular flexibility index (Phi) is 7.57. The van der Waals surface area contributed by atoms with E-state index in [0.717, 1.165) is 38.9 Å². The Morgan fingerprint density at radius 3 is 1.39 bits per heavy atom. The van der Waals surface area contributed by atoms with Gasteiger partial charge in [-0.2, -0.15) is 0 Å². The number of fused-ring (bicyclic) bond motifs is 2. The van der Waals surface area contributed by atoms with Crippen LogP contribution in [0.1, 0.15) is 38.5 Å². The fourth-order valence-corrected chi connectivity index (χ4v) is 4.55. The van der Waals surface area contributed by atoms with Crippen molar-refractivity contribution in [3.63, 3.8) is 0 Å². The molecular weight excluding hydrogens is 368 g/mol. The van der Waals surface area contributed by atoms with Gasteiger partial charge in [0.1, 0.15) is 48.8 Å². The van der Waals surface area contributed by atoms with Crippen LogP contribution in [0.4, 0.5) is 0 Å². The van der Waals surface area contributed by atoms with Gasteiger partial charge < -0.3 is 38.6 Å². The number of rotatable bonds is 11. The first kappa shape index (κ1) is 20.9. The Balaban J connectivity index is 0.959. The second kappa shape index (κ2) is 10.1. The summed E-state index contributed by atoms with van der Waals surface area (Å²) >= 11 is 0. The van der Waals surface area contributed by atoms with Crippen LogP contribution in [0.2, 0.25) is 0 Å². The lowest BCUT2D eigenvalue weighted by Crippen LogP contribution is -2.33. The number of aliphatic hydroxyl groups excluding tert-OH is 2. The lowest BCUT2D eigenvalue weighted by molar-refractivity contribution is -0.0384. The van der Waals surface area contributed by atoms with Gasteiger partial charge in [-0.1, -0.05) is 25.7 Å². The van der Waals surface area contributed by atoms with Gasteiger partial charge in [-0.05, 0) is 12.8 Å². The zero-order valence-electron chi connectivity index (χ0n) is 16.4. The van der Waals surface area contributed by atoms with E-state index < -0.39 is 12.2 Å². The molecule has 0 aromatic carbocycles. The maximum absolute atomic E-state index is 9.72. The zero-order valence-corrected chi connectivity index (χ0v) is 16.4. The van der Waals surface area contributed by atoms with Gasteiger partial charge in [-0.15, -0.1) is 0 Å². The van der Waals surface area contributed by atoms with Crippen LogP contribution in [-0.2, 0) is 28.4 Å². The summed E-state index contributed by atoms with van der Waals surface area (Å²) in [5.41, 5.74) is 0. The average Bonchev–Trinajstić information content (AvgIpc) is 3.44. The van der Waals surface area contributed by atoms with Crippen LogP contribution < -0.4 is 0 Å². The molecule has 0 aliphatic carbocycles. The summed E-state index contributed by atoms with van der Waals surface area (Å²) < 4.78 is 34.0. The monoisotopic (exact) mass is 402 g/mol. The van der Waals surface area contributed by atoms with Crippen LogP contribution >= 0.6 is 0 Å². The van der Waals surface area contributed by atoms with E-state index in [4.69, 9.17) is 28.4 Å². The van der Waals surface area contributed by atoms with Crippen molar-refractivity contribution in [2.45, 2.75) is 87.4 Å². The lowest BCUT2D eigenvalue weighted by Gasteiger charge is -2.16. The maximum Gasteiger partial charge on any atom is 0.115 e. The third kappa shape index (κ3) is 4.87. The zero-order chi connectivity index (χ0) is 19.3. The number of hydrogen-bond donors (Lipinski definition) is 2. The van der Waals surface area contributed by atoms with Crippen molar-refractivity contribution in [1.82, 2.24) is 0 Å². The standard InChI is InChI=1S/C20H34O8/c21-13-9-25-19-15(11-27-17(13)19)23-7-5-3-1-2-4-6-8-24-16-12-28-18-14(22)10-26-20(16)18/h13-22H,1-12H2/t13-,14-,15+,16+,17-,18-,19-,20-/m0/s1. The van der Waals surface area contributed by atoms with Crippen molar-refractivity contribution < 1.29 is 38.6 Å². The van der Waals surface area contributed by atoms with Gasteiger partial charge >= 0.3 is 0 Å². The van der Waals surface area contributed by atoms with Gasteiger partial charge in [0, 0.05) is 13.2 Å². The van der Waals surface area contributed by atoms with Crippen LogP contribution in [0.3, 0.4) is 0 Å². The molecule has 0 radical (unpaired) electrons. The minimum atomic E-state index is -0.512. The predicted octanol–water partition coefficient (Wildman–Crippen LogP) is 0.414. The predicted molar refractivity (Wildman–Crippen MR) is 98.2 cm³/mol. The first-order valence-electron chi connectivity index (χ1n) is 10.8. The van der Waals surface area contributed by atoms with Gasteiger partial charge in [-0.25, -0.2) is 0 Å². The van der Waals surface area contributed by atoms with Crippen LogP contribution in [0.25, 0.3) is 0 Å². The fraction of sp³-hybridized carbons (Fsp3) is 1.00. The third-order valence-electron chi connectivity index (χ3n) is 6.17. The molecule has 4 fully saturated rings. The highest BCUT2D eigenvalue weighted by Gasteiger charge is 2.48. The third-order valence-corrected chi connectivity index (χ3v) is 6.17. The fourth-order valence-electron chi connectivity index (χ4n) is 4.55. The van der Waals surface area contributed by atoms with Crippen molar-refractivity contribution in [2.75, 3.05) is 39.6 Å². The molecule has 4 rings (SSSR count). The highest BCUT2D eigenvalue weighted by molar-refractivity contribution is 4.95. The molecule has 162 valence electrons. The Morgan fingerprint density at radius 2 is 0.929 bits per heavy atom. The van der Waals surface area contributed by atoms with Gasteiger partial charge in [0.15, 0.2) is 0 Å². The summed E-state index contributed by atoms with van der Waals surface area (Å²) in [5.74, 6) is 0. The number of unbranched alkanes of at least 4 members (excludes halogenated alkanes) is 5. The van der Waals surface area contributed by atoms with E-state index in [9.17, 15) is 10.2 Å². The maximum atomic E-state index is 9.72. The van der Waals surface area contributed by atoms with E-state index in [1.54, 1.807) is 0 Å². The van der Waals surface area contributed by atoms with E-state index in [1.807, 2.05) is 0 Å². The minimum absolute atomic E-state index is 0.0385. The molecule has 0 aromatic heterocycles. The van der Waals surface area contributed by atoms with E-state index >= 15 is 0 Å². The first-order chi connectivity index (χ1) is 13.7. The van der Waals surface area contributed by atoms with Crippen LogP contribution in [0.15, 0.2) is 0 Å². The second-order valence-corrected chi connectivity index (χ2v) is 8.27. The van der Waals surface area contributed by atoms with Gasteiger partial charge in [0.25, 0.3) is 0 Å². The minimum Gasteiger partial charge on any atom is -0.388 e. The average molecular weight is 402 g/mol. The Bertz CT molecular complexity index is 435. The highest BCUT2D eigenvalue weighted by atomic mass is 16.6. The lowest BCUT2D eigenvalue weighted by atomic mass is 10.1. The molecule has 4 saturated heterocycles. The normalized spacial score (nSPS) is 42.2. The van der Waals surface area contributed by atoms with Crippen molar-refractivity contribution in [3.05, 3.63) is 0 Å². The summed E-state index contributed by atoms with van der Waals surface area (Å²) in [5, 5.41) is 19.4. The molecule has 0 spiro atoms. The van der Waals surface area contributed by atoms with E-state index in [0.29, 0.717) is 26.4 Å². The molecule has 8 heteroatoms. The number of hydrogen-bond acceptors (Lipinski definition) is 8. The second-order valence-electron chi connectivity index (χ2n) is 8.27. The van der Waals surface area contributed by atoms with Crippen molar-refractivity contribution in [3.8, 4) is 0 Å². The molecule has 8 atom stereocenters. The molecule has 2 N–H and O–H groups in total. The summed E-state index contributed by atoms with van der Waals surface area (Å²) in [6.45, 7) is 3.17. The van der Waals surface area contributed by atoms with Gasteiger partial charge in [0.2, 0.25) is 0 Å². The summed E-state index contributed by atoms with van der Waals surface area (Å²) in [6, 6.07) is 0. The van der Waals surface area contributed by atoms with Crippen molar-refractivity contribution in [2.24, 2.45) is 0 Å². The quantitative estimate of drug-likeness (QED) is 0.480. The molecule has 4 aliphatic heterocycles. The topological polar surface area (TPSA) is 95.8 Å². The Hall–Kier alpha value is -0.320. The largest absolute Gasteiger partial charge is 0.388 e. The van der Waals surface area contributed by atoms with Crippen LogP contribution in [-0.4, -0.2) is 98.7 Å². The molecule has 4 heterocycles. The van der Waals surface area contributed by atoms with Crippen LogP contribution in [0.5, 0.6) is 0 Å². The highest BCUT2D eigenvalue weighted by Crippen LogP contribution is 2.30. The Labute approximate surface area is 166 Å². The van der Waals surface area contributed by atoms with Gasteiger partial charge in [0.05, 0.1) is 26.4 Å². The van der Waals surface area contributed by atoms with Gasteiger partial charge in [-0.3, -0.25) is 0 Å². The molecule has 28 heavy (non-hydrogen) atoms. The number of aliphatic hydroxyl groups is 2. The molecule has 0 unspecified atom stereocenters. The number of ether oxygens (including phenoxy) is 6. The molecule has 8 nitrogen and oxygen atoms in total. The van der Waals surface area contributed by atoms with E-state index in [1.165, 1.54) is 12.8 Å². The smallest absolute Gasteiger partial charge is 0.115 e. The SMILES string of the molecule is O[C@H]1CO[C@@H]2[C@H]1OC[C@H]2OCCCCCCCCO[C@@H]1CO[C@@H]2[C@H]1OC[C@@H]2O. The summed E-state index contributed by atoms with van der Waals surface area (Å²) in [7, 11) is 0. The molecule has 0 amide bonds. The van der Waals surface area contributed by atoms with Crippen molar-refractivity contribution in [1.29, 1.82) is 0 Å². The summed E-state index contributed by atoms with van der Waals surface area (Å²) in [4.78, 5) is 0. The molecule has 0 bridgehead atoms. The molecule has 0 saturated carbocycles. The molecular formula is C20H34O8. The Morgan fingerprint density at radius 1 is 0.536 bits per heavy atom.